The number of benzene rings is 3. The zero-order valence-electron chi connectivity index (χ0n) is 18.0. The van der Waals surface area contributed by atoms with Crippen LogP contribution < -0.4 is 10.6 Å². The summed E-state index contributed by atoms with van der Waals surface area (Å²) >= 11 is 1.21. The smallest absolute Gasteiger partial charge is 0.305 e. The molecule has 3 N–H and O–H groups in total. The first-order valence-corrected chi connectivity index (χ1v) is 11.0. The number of nitrogens with one attached hydrogen (secondary N) is 1. The molecule has 0 aliphatic rings. The Morgan fingerprint density at radius 2 is 1.72 bits per heavy atom. The van der Waals surface area contributed by atoms with E-state index in [0.29, 0.717) is 18.7 Å². The van der Waals surface area contributed by atoms with Gasteiger partial charge in [-0.3, -0.25) is 9.59 Å². The minimum atomic E-state index is -0.501. The molecule has 0 radical (unpaired) electrons. The minimum Gasteiger partial charge on any atom is -0.328 e. The first-order valence-electron chi connectivity index (χ1n) is 10.2. The molecule has 3 aromatic carbocycles. The fourth-order valence-electron chi connectivity index (χ4n) is 3.56. The van der Waals surface area contributed by atoms with E-state index in [1.807, 2.05) is 85.5 Å². The molecule has 166 valence electrons. The van der Waals surface area contributed by atoms with Crippen LogP contribution in [0.15, 0.2) is 77.6 Å². The molecule has 0 aliphatic heterocycles. The topological polar surface area (TPSA) is 79.2 Å². The highest BCUT2D eigenvalue weighted by Crippen LogP contribution is 2.27. The number of halogens is 1. The predicted octanol–water partition coefficient (Wildman–Crippen LogP) is 5.06. The number of nitrogens with two attached hydrogens (primary N) is 1. The number of nitrogens with zero attached hydrogens (tertiary/aromatic N) is 1. The molecule has 0 aliphatic carbocycles. The molecular weight excluding hydrogens is 442 g/mol. The van der Waals surface area contributed by atoms with Crippen molar-refractivity contribution in [2.24, 2.45) is 5.73 Å². The molecule has 0 fully saturated rings. The average molecular weight is 468 g/mol. The van der Waals surface area contributed by atoms with Gasteiger partial charge in [-0.05, 0) is 60.9 Å². The summed E-state index contributed by atoms with van der Waals surface area (Å²) in [6.45, 7) is 4.78. The summed E-state index contributed by atoms with van der Waals surface area (Å²) in [5.41, 5.74) is 10.1. The monoisotopic (exact) mass is 467 g/mol. The molecule has 0 atom stereocenters. The Morgan fingerprint density at radius 3 is 2.44 bits per heavy atom. The maximum Gasteiger partial charge on any atom is 0.305 e. The van der Waals surface area contributed by atoms with Gasteiger partial charge in [0.15, 0.2) is 0 Å². The Kier molecular flexibility index (Phi) is 7.19. The standard InChI is InChI=1S/C25H25N3O2S.ClH/c1-25(2,16-26)28(23(29)18-8-4-3-5-9-18)15-17-7-6-10-19(13-17)20-11-12-21-22(14-20)31-24(30)27-21;/h3-14H,15-16,26H2,1-2H3,(H,27,30);1H. The van der Waals surface area contributed by atoms with Crippen LogP contribution in [0.4, 0.5) is 0 Å². The molecule has 1 heterocycles. The van der Waals surface area contributed by atoms with Crippen LogP contribution >= 0.6 is 23.7 Å². The Balaban J connectivity index is 0.00000289. The summed E-state index contributed by atoms with van der Waals surface area (Å²) in [5.74, 6) is -0.0417. The SMILES string of the molecule is CC(C)(CN)N(Cc1cccc(-c2ccc3[nH]c(=O)sc3c2)c1)C(=O)c1ccccc1.Cl. The number of fused-ring (bicyclic) bond motifs is 1. The molecule has 0 saturated heterocycles. The molecule has 1 aromatic heterocycles. The molecule has 0 unspecified atom stereocenters. The van der Waals surface area contributed by atoms with Crippen LogP contribution in [0.1, 0.15) is 29.8 Å². The number of carbonyl (C=O) groups excluding carboxylic acids is 1. The summed E-state index contributed by atoms with van der Waals surface area (Å²) in [6.07, 6.45) is 0. The highest BCUT2D eigenvalue weighted by Gasteiger charge is 2.30. The van der Waals surface area contributed by atoms with Crippen molar-refractivity contribution in [3.8, 4) is 11.1 Å². The molecule has 7 heteroatoms. The third-order valence-corrected chi connectivity index (χ3v) is 6.36. The quantitative estimate of drug-likeness (QED) is 0.416. The van der Waals surface area contributed by atoms with E-state index in [9.17, 15) is 9.59 Å². The van der Waals surface area contributed by atoms with Crippen LogP contribution in [0.5, 0.6) is 0 Å². The third kappa shape index (κ3) is 4.93. The van der Waals surface area contributed by atoms with Crippen LogP contribution in [0, 0.1) is 0 Å². The van der Waals surface area contributed by atoms with Crippen LogP contribution in [-0.4, -0.2) is 27.9 Å². The maximum atomic E-state index is 13.3. The highest BCUT2D eigenvalue weighted by atomic mass is 35.5. The summed E-state index contributed by atoms with van der Waals surface area (Å²) in [5, 5.41) is 0. The van der Waals surface area contributed by atoms with E-state index in [-0.39, 0.29) is 23.2 Å². The number of aromatic amines is 1. The van der Waals surface area contributed by atoms with Crippen molar-refractivity contribution in [3.63, 3.8) is 0 Å². The van der Waals surface area contributed by atoms with E-state index in [0.717, 1.165) is 26.9 Å². The normalized spacial score (nSPS) is 11.2. The molecule has 32 heavy (non-hydrogen) atoms. The fraction of sp³-hybridized carbons (Fsp3) is 0.200. The third-order valence-electron chi connectivity index (χ3n) is 5.52. The van der Waals surface area contributed by atoms with Crippen molar-refractivity contribution < 1.29 is 4.79 Å². The lowest BCUT2D eigenvalue weighted by Gasteiger charge is -2.38. The van der Waals surface area contributed by atoms with Crippen molar-refractivity contribution in [1.82, 2.24) is 9.88 Å². The molecule has 5 nitrogen and oxygen atoms in total. The van der Waals surface area contributed by atoms with Crippen molar-refractivity contribution in [3.05, 3.63) is 93.6 Å². The molecule has 1 amide bonds. The zero-order chi connectivity index (χ0) is 22.0. The molecule has 4 aromatic rings. The molecular formula is C25H26ClN3O2S. The lowest BCUT2D eigenvalue weighted by Crippen LogP contribution is -2.51. The Bertz CT molecular complexity index is 1280. The summed E-state index contributed by atoms with van der Waals surface area (Å²) in [4.78, 5) is 29.5. The number of hydrogen-bond donors (Lipinski definition) is 2. The molecule has 0 spiro atoms. The van der Waals surface area contributed by atoms with Gasteiger partial charge in [0.05, 0.1) is 15.8 Å². The van der Waals surface area contributed by atoms with Crippen molar-refractivity contribution in [2.45, 2.75) is 25.9 Å². The lowest BCUT2D eigenvalue weighted by atomic mass is 9.98. The number of hydrogen-bond acceptors (Lipinski definition) is 4. The van der Waals surface area contributed by atoms with Gasteiger partial charge in [0.1, 0.15) is 0 Å². The molecule has 0 bridgehead atoms. The van der Waals surface area contributed by atoms with Crippen LogP contribution in [0.25, 0.3) is 21.3 Å². The van der Waals surface area contributed by atoms with Crippen LogP contribution in [0.2, 0.25) is 0 Å². The number of thiazole rings is 1. The van der Waals surface area contributed by atoms with Crippen molar-refractivity contribution in [1.29, 1.82) is 0 Å². The Hall–Kier alpha value is -2.93. The minimum absolute atomic E-state index is 0. The fourth-order valence-corrected chi connectivity index (χ4v) is 4.34. The van der Waals surface area contributed by atoms with Gasteiger partial charge in [-0.25, -0.2) is 0 Å². The van der Waals surface area contributed by atoms with Gasteiger partial charge in [-0.15, -0.1) is 12.4 Å². The van der Waals surface area contributed by atoms with E-state index in [4.69, 9.17) is 5.73 Å². The highest BCUT2D eigenvalue weighted by molar-refractivity contribution is 7.16. The number of aromatic nitrogens is 1. The molecule has 0 saturated carbocycles. The second-order valence-corrected chi connectivity index (χ2v) is 9.21. The maximum absolute atomic E-state index is 13.3. The number of carbonyl (C=O) groups is 1. The average Bonchev–Trinajstić information content (AvgIpc) is 3.17. The predicted molar refractivity (Wildman–Crippen MR) is 135 cm³/mol. The van der Waals surface area contributed by atoms with Crippen LogP contribution in [0.3, 0.4) is 0 Å². The van der Waals surface area contributed by atoms with E-state index in [1.54, 1.807) is 0 Å². The van der Waals surface area contributed by atoms with Gasteiger partial charge in [0, 0.05) is 18.7 Å². The molecule has 4 rings (SSSR count). The number of amides is 1. The van der Waals surface area contributed by atoms with Crippen molar-refractivity contribution >= 4 is 39.9 Å². The van der Waals surface area contributed by atoms with Gasteiger partial charge in [-0.2, -0.15) is 0 Å². The summed E-state index contributed by atoms with van der Waals surface area (Å²) < 4.78 is 0.929. The zero-order valence-corrected chi connectivity index (χ0v) is 19.6. The number of rotatable bonds is 6. The van der Waals surface area contributed by atoms with Gasteiger partial charge in [-0.1, -0.05) is 53.8 Å². The first kappa shape index (κ1) is 23.7. The van der Waals surface area contributed by atoms with Gasteiger partial charge in [0.25, 0.3) is 5.91 Å². The van der Waals surface area contributed by atoms with E-state index in [2.05, 4.69) is 11.1 Å². The largest absolute Gasteiger partial charge is 0.328 e. The Morgan fingerprint density at radius 1 is 1.00 bits per heavy atom. The second kappa shape index (κ2) is 9.69. The van der Waals surface area contributed by atoms with E-state index in [1.165, 1.54) is 11.3 Å². The Labute approximate surface area is 197 Å². The van der Waals surface area contributed by atoms with Gasteiger partial charge >= 0.3 is 4.87 Å². The first-order chi connectivity index (χ1) is 14.9. The number of H-pyrrole nitrogens is 1. The van der Waals surface area contributed by atoms with Gasteiger partial charge < -0.3 is 15.6 Å². The second-order valence-electron chi connectivity index (χ2n) is 8.20. The van der Waals surface area contributed by atoms with E-state index < -0.39 is 5.54 Å². The summed E-state index contributed by atoms with van der Waals surface area (Å²) in [7, 11) is 0. The van der Waals surface area contributed by atoms with Crippen molar-refractivity contribution in [2.75, 3.05) is 6.54 Å². The summed E-state index contributed by atoms with van der Waals surface area (Å²) in [6, 6.07) is 23.4. The van der Waals surface area contributed by atoms with E-state index >= 15 is 0 Å². The van der Waals surface area contributed by atoms with Gasteiger partial charge in [0.2, 0.25) is 0 Å². The lowest BCUT2D eigenvalue weighted by molar-refractivity contribution is 0.0539. The van der Waals surface area contributed by atoms with Crippen LogP contribution in [-0.2, 0) is 6.54 Å².